The summed E-state index contributed by atoms with van der Waals surface area (Å²) in [6.07, 6.45) is 3.89. The van der Waals surface area contributed by atoms with Crippen LogP contribution in [0.1, 0.15) is 12.0 Å². The van der Waals surface area contributed by atoms with Crippen LogP contribution in [0.15, 0.2) is 36.5 Å². The molecule has 4 heteroatoms. The summed E-state index contributed by atoms with van der Waals surface area (Å²) in [5.41, 5.74) is 2.37. The predicted octanol–water partition coefficient (Wildman–Crippen LogP) is 2.27. The van der Waals surface area contributed by atoms with Gasteiger partial charge in [-0.25, -0.2) is 0 Å². The molecular formula is C17H20N2O2. The van der Waals surface area contributed by atoms with E-state index in [1.165, 1.54) is 10.9 Å². The lowest BCUT2D eigenvalue weighted by molar-refractivity contribution is -0.134. The van der Waals surface area contributed by atoms with Crippen LogP contribution in [0.2, 0.25) is 0 Å². The molecule has 1 aliphatic heterocycles. The number of aromatic nitrogens is 1. The second kappa shape index (κ2) is 6.22. The summed E-state index contributed by atoms with van der Waals surface area (Å²) < 4.78 is 4.93. The van der Waals surface area contributed by atoms with Crippen LogP contribution in [0.4, 0.5) is 0 Å². The summed E-state index contributed by atoms with van der Waals surface area (Å²) in [4.78, 5) is 18.2. The van der Waals surface area contributed by atoms with Crippen LogP contribution in [0.3, 0.4) is 0 Å². The minimum absolute atomic E-state index is 0.0968. The highest BCUT2D eigenvalue weighted by Gasteiger charge is 2.26. The first-order valence-corrected chi connectivity index (χ1v) is 7.37. The molecule has 0 N–H and O–H groups in total. The standard InChI is InChI=1S/C17H20N2O2/c1-21-12-17(20)19-9-7-13(11-19)10-14-4-2-6-16-15(14)5-3-8-18-16/h2-6,8,13H,7,9-12H2,1H3. The van der Waals surface area contributed by atoms with E-state index in [9.17, 15) is 4.79 Å². The molecule has 1 unspecified atom stereocenters. The largest absolute Gasteiger partial charge is 0.375 e. The van der Waals surface area contributed by atoms with Crippen molar-refractivity contribution >= 4 is 16.8 Å². The SMILES string of the molecule is COCC(=O)N1CCC(Cc2cccc3ncccc23)C1. The maximum absolute atomic E-state index is 11.8. The van der Waals surface area contributed by atoms with Crippen LogP contribution in [-0.4, -0.2) is 42.6 Å². The van der Waals surface area contributed by atoms with Crippen LogP contribution in [-0.2, 0) is 16.0 Å². The molecule has 21 heavy (non-hydrogen) atoms. The first-order chi connectivity index (χ1) is 10.3. The fourth-order valence-electron chi connectivity index (χ4n) is 3.10. The van der Waals surface area contributed by atoms with Crippen LogP contribution in [0, 0.1) is 5.92 Å². The second-order valence-corrected chi connectivity index (χ2v) is 5.62. The van der Waals surface area contributed by atoms with E-state index in [0.717, 1.165) is 31.4 Å². The van der Waals surface area contributed by atoms with Crippen molar-refractivity contribution < 1.29 is 9.53 Å². The van der Waals surface area contributed by atoms with Gasteiger partial charge in [0.05, 0.1) is 5.52 Å². The van der Waals surface area contributed by atoms with Gasteiger partial charge in [0.25, 0.3) is 0 Å². The molecule has 0 radical (unpaired) electrons. The van der Waals surface area contributed by atoms with Crippen molar-refractivity contribution in [2.45, 2.75) is 12.8 Å². The number of amides is 1. The molecule has 3 rings (SSSR count). The third kappa shape index (κ3) is 3.05. The minimum atomic E-state index is 0.0968. The molecule has 0 bridgehead atoms. The third-order valence-electron chi connectivity index (χ3n) is 4.15. The molecule has 110 valence electrons. The Labute approximate surface area is 124 Å². The number of ether oxygens (including phenoxy) is 1. The topological polar surface area (TPSA) is 42.4 Å². The lowest BCUT2D eigenvalue weighted by Crippen LogP contribution is -2.31. The molecule has 1 fully saturated rings. The molecule has 0 saturated carbocycles. The number of methoxy groups -OCH3 is 1. The number of nitrogens with zero attached hydrogens (tertiary/aromatic N) is 2. The van der Waals surface area contributed by atoms with Crippen molar-refractivity contribution in [2.75, 3.05) is 26.8 Å². The second-order valence-electron chi connectivity index (χ2n) is 5.62. The number of rotatable bonds is 4. The zero-order valence-electron chi connectivity index (χ0n) is 12.3. The van der Waals surface area contributed by atoms with Crippen molar-refractivity contribution in [3.63, 3.8) is 0 Å². The smallest absolute Gasteiger partial charge is 0.248 e. The molecule has 0 spiro atoms. The molecule has 0 aliphatic carbocycles. The predicted molar refractivity (Wildman–Crippen MR) is 82.0 cm³/mol. The van der Waals surface area contributed by atoms with Gasteiger partial charge in [-0.1, -0.05) is 18.2 Å². The zero-order chi connectivity index (χ0) is 14.7. The summed E-state index contributed by atoms with van der Waals surface area (Å²) in [6, 6.07) is 10.4. The van der Waals surface area contributed by atoms with E-state index in [0.29, 0.717) is 5.92 Å². The van der Waals surface area contributed by atoms with Crippen molar-refractivity contribution in [1.29, 1.82) is 0 Å². The van der Waals surface area contributed by atoms with Crippen LogP contribution >= 0.6 is 0 Å². The Hall–Kier alpha value is -1.94. The summed E-state index contributed by atoms with van der Waals surface area (Å²) >= 11 is 0. The number of hydrogen-bond donors (Lipinski definition) is 0. The lowest BCUT2D eigenvalue weighted by Gasteiger charge is -2.16. The first-order valence-electron chi connectivity index (χ1n) is 7.37. The van der Waals surface area contributed by atoms with Crippen LogP contribution < -0.4 is 0 Å². The maximum atomic E-state index is 11.8. The Morgan fingerprint density at radius 2 is 2.29 bits per heavy atom. The van der Waals surface area contributed by atoms with E-state index in [4.69, 9.17) is 4.74 Å². The third-order valence-corrected chi connectivity index (χ3v) is 4.15. The molecular weight excluding hydrogens is 264 g/mol. The molecule has 1 amide bonds. The minimum Gasteiger partial charge on any atom is -0.375 e. The van der Waals surface area contributed by atoms with E-state index in [1.54, 1.807) is 7.11 Å². The van der Waals surface area contributed by atoms with Crippen molar-refractivity contribution in [3.8, 4) is 0 Å². The van der Waals surface area contributed by atoms with Gasteiger partial charge in [-0.2, -0.15) is 0 Å². The highest BCUT2D eigenvalue weighted by atomic mass is 16.5. The number of hydrogen-bond acceptors (Lipinski definition) is 3. The number of fused-ring (bicyclic) bond motifs is 1. The molecule has 4 nitrogen and oxygen atoms in total. The van der Waals surface area contributed by atoms with Gasteiger partial charge in [-0.15, -0.1) is 0 Å². The van der Waals surface area contributed by atoms with E-state index in [1.807, 2.05) is 23.2 Å². The molecule has 1 aromatic heterocycles. The van der Waals surface area contributed by atoms with E-state index >= 15 is 0 Å². The Bertz CT molecular complexity index is 636. The van der Waals surface area contributed by atoms with Gasteiger partial charge in [-0.3, -0.25) is 9.78 Å². The van der Waals surface area contributed by atoms with Crippen LogP contribution in [0.25, 0.3) is 10.9 Å². The molecule has 1 aromatic carbocycles. The first kappa shape index (κ1) is 14.0. The highest BCUT2D eigenvalue weighted by molar-refractivity contribution is 5.82. The molecule has 1 atom stereocenters. The summed E-state index contributed by atoms with van der Waals surface area (Å²) in [6.45, 7) is 1.86. The number of benzene rings is 1. The number of pyridine rings is 1. The fourth-order valence-corrected chi connectivity index (χ4v) is 3.10. The molecule has 2 aromatic rings. The van der Waals surface area contributed by atoms with Gasteiger partial charge >= 0.3 is 0 Å². The van der Waals surface area contributed by atoms with Crippen molar-refractivity contribution in [2.24, 2.45) is 5.92 Å². The molecule has 2 heterocycles. The fraction of sp³-hybridized carbons (Fsp3) is 0.412. The normalized spacial score (nSPS) is 18.3. The van der Waals surface area contributed by atoms with Crippen molar-refractivity contribution in [1.82, 2.24) is 9.88 Å². The average Bonchev–Trinajstić information content (AvgIpc) is 2.97. The Kier molecular flexibility index (Phi) is 4.15. The number of carbonyl (C=O) groups is 1. The number of likely N-dealkylation sites (tertiary alicyclic amines) is 1. The lowest BCUT2D eigenvalue weighted by atomic mass is 9.96. The van der Waals surface area contributed by atoms with Gasteiger partial charge in [0.15, 0.2) is 0 Å². The monoisotopic (exact) mass is 284 g/mol. The zero-order valence-corrected chi connectivity index (χ0v) is 12.3. The van der Waals surface area contributed by atoms with Gasteiger partial charge in [0, 0.05) is 31.8 Å². The van der Waals surface area contributed by atoms with Gasteiger partial charge in [-0.05, 0) is 36.5 Å². The summed E-state index contributed by atoms with van der Waals surface area (Å²) in [5.74, 6) is 0.621. The van der Waals surface area contributed by atoms with E-state index in [-0.39, 0.29) is 12.5 Å². The van der Waals surface area contributed by atoms with Gasteiger partial charge in [0.2, 0.25) is 5.91 Å². The quantitative estimate of drug-likeness (QED) is 0.865. The molecule has 1 aliphatic rings. The van der Waals surface area contributed by atoms with Gasteiger partial charge < -0.3 is 9.64 Å². The van der Waals surface area contributed by atoms with Gasteiger partial charge in [0.1, 0.15) is 6.61 Å². The maximum Gasteiger partial charge on any atom is 0.248 e. The Morgan fingerprint density at radius 1 is 1.38 bits per heavy atom. The number of carbonyl (C=O) groups excluding carboxylic acids is 1. The summed E-state index contributed by atoms with van der Waals surface area (Å²) in [7, 11) is 1.56. The Balaban J connectivity index is 1.71. The molecule has 1 saturated heterocycles. The van der Waals surface area contributed by atoms with E-state index < -0.39 is 0 Å². The van der Waals surface area contributed by atoms with Crippen LogP contribution in [0.5, 0.6) is 0 Å². The highest BCUT2D eigenvalue weighted by Crippen LogP contribution is 2.25. The van der Waals surface area contributed by atoms with Crippen molar-refractivity contribution in [3.05, 3.63) is 42.1 Å². The summed E-state index contributed by atoms with van der Waals surface area (Å²) in [5, 5.41) is 1.22. The van der Waals surface area contributed by atoms with E-state index in [2.05, 4.69) is 23.2 Å². The Morgan fingerprint density at radius 3 is 3.14 bits per heavy atom. The average molecular weight is 284 g/mol.